The van der Waals surface area contributed by atoms with E-state index in [0.717, 1.165) is 47.5 Å². The summed E-state index contributed by atoms with van der Waals surface area (Å²) >= 11 is 0. The van der Waals surface area contributed by atoms with Gasteiger partial charge in [-0.2, -0.15) is 0 Å². The highest BCUT2D eigenvalue weighted by Crippen LogP contribution is 2.31. The molecule has 0 radical (unpaired) electrons. The van der Waals surface area contributed by atoms with Gasteiger partial charge in [0.05, 0.1) is 14.2 Å². The maximum Gasteiger partial charge on any atom is 0.161 e. The summed E-state index contributed by atoms with van der Waals surface area (Å²) in [6.45, 7) is 11.8. The summed E-state index contributed by atoms with van der Waals surface area (Å²) in [5.74, 6) is 1.68. The quantitative estimate of drug-likeness (QED) is 0.497. The van der Waals surface area contributed by atoms with Crippen molar-refractivity contribution in [2.75, 3.05) is 14.2 Å². The van der Waals surface area contributed by atoms with Crippen LogP contribution >= 0.6 is 0 Å². The summed E-state index contributed by atoms with van der Waals surface area (Å²) in [5, 5.41) is 0. The molecule has 0 fully saturated rings. The fraction of sp³-hybridized carbons (Fsp3) is 0.423. The number of aryl methyl sites for hydroxylation is 2. The molecule has 0 saturated heterocycles. The molecule has 3 nitrogen and oxygen atoms in total. The third-order valence-corrected chi connectivity index (χ3v) is 4.85. The largest absolute Gasteiger partial charge is 0.493 e. The van der Waals surface area contributed by atoms with Crippen molar-refractivity contribution in [1.82, 2.24) is 0 Å². The Morgan fingerprint density at radius 2 is 1.55 bits per heavy atom. The van der Waals surface area contributed by atoms with Crippen LogP contribution in [0.3, 0.4) is 0 Å². The number of allylic oxidation sites excluding steroid dienone is 1. The van der Waals surface area contributed by atoms with E-state index in [-0.39, 0.29) is 5.78 Å². The Labute approximate surface area is 176 Å². The lowest BCUT2D eigenvalue weighted by Crippen LogP contribution is -1.93. The number of methoxy groups -OCH3 is 2. The van der Waals surface area contributed by atoms with E-state index in [0.29, 0.717) is 0 Å². The van der Waals surface area contributed by atoms with E-state index >= 15 is 0 Å². The number of hydrogen-bond acceptors (Lipinski definition) is 3. The molecule has 0 unspecified atom stereocenters. The van der Waals surface area contributed by atoms with Gasteiger partial charge in [-0.05, 0) is 73.1 Å². The van der Waals surface area contributed by atoms with Gasteiger partial charge in [0.1, 0.15) is 0 Å². The van der Waals surface area contributed by atoms with Crippen LogP contribution in [0.2, 0.25) is 0 Å². The summed E-state index contributed by atoms with van der Waals surface area (Å²) < 4.78 is 10.4. The van der Waals surface area contributed by atoms with E-state index < -0.39 is 0 Å². The minimum atomic E-state index is 0.171. The van der Waals surface area contributed by atoms with Crippen molar-refractivity contribution in [2.24, 2.45) is 0 Å². The minimum absolute atomic E-state index is 0.171. The maximum absolute atomic E-state index is 11.0. The third kappa shape index (κ3) is 7.08. The Balaban J connectivity index is 0.000000272. The molecule has 1 aliphatic carbocycles. The standard InChI is InChI=1S/C13H18O2.C11H12O.C2H6/c1-5-6-10(2)11-7-8-12(14-3)13(9-11)15-4;1-8(12)10-6-5-9-3-2-4-11(9)7-10;1-2/h7-9H,2,5-6H2,1,3-4H3;5-7H,2-4H2,1H3;1-2H3. The molecule has 1 aliphatic rings. The summed E-state index contributed by atoms with van der Waals surface area (Å²) in [7, 11) is 3.28. The summed E-state index contributed by atoms with van der Waals surface area (Å²) in [5.41, 5.74) is 5.92. The molecule has 2 aromatic carbocycles. The van der Waals surface area contributed by atoms with Gasteiger partial charge in [-0.1, -0.05) is 52.0 Å². The van der Waals surface area contributed by atoms with Crippen LogP contribution in [-0.4, -0.2) is 20.0 Å². The topological polar surface area (TPSA) is 35.5 Å². The number of carbonyl (C=O) groups is 1. The molecule has 29 heavy (non-hydrogen) atoms. The zero-order chi connectivity index (χ0) is 21.8. The molecule has 3 heteroatoms. The van der Waals surface area contributed by atoms with Gasteiger partial charge in [-0.25, -0.2) is 0 Å². The highest BCUT2D eigenvalue weighted by atomic mass is 16.5. The molecule has 0 aliphatic heterocycles. The van der Waals surface area contributed by atoms with Gasteiger partial charge in [-0.15, -0.1) is 0 Å². The van der Waals surface area contributed by atoms with E-state index in [1.807, 2.05) is 44.2 Å². The van der Waals surface area contributed by atoms with Gasteiger partial charge in [-0.3, -0.25) is 4.79 Å². The molecule has 0 heterocycles. The molecule has 2 aromatic rings. The van der Waals surface area contributed by atoms with Crippen molar-refractivity contribution in [3.05, 3.63) is 65.2 Å². The molecular formula is C26H36O3. The van der Waals surface area contributed by atoms with Crippen LogP contribution in [0, 0.1) is 0 Å². The minimum Gasteiger partial charge on any atom is -0.493 e. The Morgan fingerprint density at radius 1 is 0.931 bits per heavy atom. The van der Waals surface area contributed by atoms with Crippen molar-refractivity contribution in [3.63, 3.8) is 0 Å². The molecule has 0 aromatic heterocycles. The second-order valence-electron chi connectivity index (χ2n) is 6.82. The molecule has 0 atom stereocenters. The van der Waals surface area contributed by atoms with Crippen molar-refractivity contribution >= 4 is 11.4 Å². The average Bonchev–Trinajstić information content (AvgIpc) is 3.23. The normalized spacial score (nSPS) is 11.2. The molecule has 0 saturated carbocycles. The number of fused-ring (bicyclic) bond motifs is 1. The molecular weight excluding hydrogens is 360 g/mol. The first kappa shape index (κ1) is 24.5. The highest BCUT2D eigenvalue weighted by molar-refractivity contribution is 5.94. The fourth-order valence-corrected chi connectivity index (χ4v) is 3.29. The van der Waals surface area contributed by atoms with Crippen LogP contribution in [0.5, 0.6) is 11.5 Å². The van der Waals surface area contributed by atoms with Gasteiger partial charge in [0, 0.05) is 5.56 Å². The first-order valence-electron chi connectivity index (χ1n) is 10.5. The molecule has 158 valence electrons. The predicted molar refractivity (Wildman–Crippen MR) is 123 cm³/mol. The molecule has 0 amide bonds. The van der Waals surface area contributed by atoms with E-state index in [9.17, 15) is 4.79 Å². The van der Waals surface area contributed by atoms with Crippen LogP contribution in [0.15, 0.2) is 43.0 Å². The first-order chi connectivity index (χ1) is 14.0. The van der Waals surface area contributed by atoms with Gasteiger partial charge in [0.25, 0.3) is 0 Å². The second-order valence-corrected chi connectivity index (χ2v) is 6.82. The Morgan fingerprint density at radius 3 is 2.14 bits per heavy atom. The summed E-state index contributed by atoms with van der Waals surface area (Å²) in [4.78, 5) is 11.0. The monoisotopic (exact) mass is 396 g/mol. The molecule has 0 spiro atoms. The van der Waals surface area contributed by atoms with Gasteiger partial charge >= 0.3 is 0 Å². The van der Waals surface area contributed by atoms with Crippen molar-refractivity contribution in [3.8, 4) is 11.5 Å². The van der Waals surface area contributed by atoms with E-state index in [2.05, 4.69) is 19.6 Å². The van der Waals surface area contributed by atoms with Gasteiger partial charge < -0.3 is 9.47 Å². The smallest absolute Gasteiger partial charge is 0.161 e. The van der Waals surface area contributed by atoms with Crippen LogP contribution < -0.4 is 9.47 Å². The molecule has 0 N–H and O–H groups in total. The van der Waals surface area contributed by atoms with Crippen molar-refractivity contribution in [2.45, 2.75) is 59.8 Å². The maximum atomic E-state index is 11.0. The first-order valence-corrected chi connectivity index (χ1v) is 10.5. The van der Waals surface area contributed by atoms with Crippen LogP contribution in [0.1, 0.15) is 74.0 Å². The lowest BCUT2D eigenvalue weighted by Gasteiger charge is -2.10. The third-order valence-electron chi connectivity index (χ3n) is 4.85. The number of ether oxygens (including phenoxy) is 2. The Hall–Kier alpha value is -2.55. The predicted octanol–water partition coefficient (Wildman–Crippen LogP) is 6.92. The van der Waals surface area contributed by atoms with Gasteiger partial charge in [0.15, 0.2) is 17.3 Å². The van der Waals surface area contributed by atoms with E-state index in [1.54, 1.807) is 21.1 Å². The molecule has 0 bridgehead atoms. The fourth-order valence-electron chi connectivity index (χ4n) is 3.29. The Bertz CT molecular complexity index is 806. The summed E-state index contributed by atoms with van der Waals surface area (Å²) in [6.07, 6.45) is 5.70. The average molecular weight is 397 g/mol. The number of hydrogen-bond donors (Lipinski definition) is 0. The number of Topliss-reactive ketones (excluding diaryl/α,β-unsaturated/α-hetero) is 1. The van der Waals surface area contributed by atoms with Crippen LogP contribution in [0.25, 0.3) is 5.57 Å². The lowest BCUT2D eigenvalue weighted by molar-refractivity contribution is 0.101. The SMILES string of the molecule is C=C(CCC)c1ccc(OC)c(OC)c1.CC.CC(=O)c1ccc2c(c1)CCC2. The molecule has 3 rings (SSSR count). The van der Waals surface area contributed by atoms with E-state index in [1.165, 1.54) is 24.0 Å². The number of carbonyl (C=O) groups excluding carboxylic acids is 1. The lowest BCUT2D eigenvalue weighted by atomic mass is 10.0. The summed E-state index contributed by atoms with van der Waals surface area (Å²) in [6, 6.07) is 12.0. The van der Waals surface area contributed by atoms with Crippen LogP contribution in [0.4, 0.5) is 0 Å². The van der Waals surface area contributed by atoms with Crippen LogP contribution in [-0.2, 0) is 12.8 Å². The zero-order valence-electron chi connectivity index (χ0n) is 18.9. The van der Waals surface area contributed by atoms with Crippen molar-refractivity contribution < 1.29 is 14.3 Å². The Kier molecular flexibility index (Phi) is 10.8. The number of ketones is 1. The number of rotatable bonds is 6. The number of benzene rings is 2. The highest BCUT2D eigenvalue weighted by Gasteiger charge is 2.11. The zero-order valence-corrected chi connectivity index (χ0v) is 18.9. The van der Waals surface area contributed by atoms with Gasteiger partial charge in [0.2, 0.25) is 0 Å². The van der Waals surface area contributed by atoms with Crippen molar-refractivity contribution in [1.29, 1.82) is 0 Å². The second kappa shape index (κ2) is 12.8. The van der Waals surface area contributed by atoms with E-state index in [4.69, 9.17) is 9.47 Å².